The number of pyridine rings is 1. The van der Waals surface area contributed by atoms with Gasteiger partial charge in [-0.2, -0.15) is 4.99 Å². The topological polar surface area (TPSA) is 77.9 Å². The van der Waals surface area contributed by atoms with Crippen molar-refractivity contribution in [2.24, 2.45) is 4.99 Å². The highest BCUT2D eigenvalue weighted by molar-refractivity contribution is 6.38. The Bertz CT molecular complexity index is 547. The standard InChI is InChI=1S/C14H17ClN2O4/c1-14(2,3)21-13(19)17-10(12(18)20-4)7-9-5-6-11(15)16-8-9/h5-6,8H,7H2,1-4H3. The van der Waals surface area contributed by atoms with Gasteiger partial charge in [-0.05, 0) is 32.4 Å². The van der Waals surface area contributed by atoms with E-state index in [0.717, 1.165) is 0 Å². The molecule has 0 N–H and O–H groups in total. The van der Waals surface area contributed by atoms with Crippen molar-refractivity contribution in [3.05, 3.63) is 29.0 Å². The Morgan fingerprint density at radius 2 is 2.00 bits per heavy atom. The number of aliphatic imine (C=N–C) groups is 1. The van der Waals surface area contributed by atoms with E-state index in [1.165, 1.54) is 13.3 Å². The third-order valence-electron chi connectivity index (χ3n) is 2.20. The Morgan fingerprint density at radius 3 is 2.48 bits per heavy atom. The number of rotatable bonds is 3. The molecular formula is C14H17ClN2O4. The van der Waals surface area contributed by atoms with Gasteiger partial charge in [0.15, 0.2) is 0 Å². The van der Waals surface area contributed by atoms with Crippen LogP contribution in [0.5, 0.6) is 0 Å². The number of carbonyl (C=O) groups is 2. The molecule has 0 spiro atoms. The van der Waals surface area contributed by atoms with Gasteiger partial charge in [-0.3, -0.25) is 0 Å². The van der Waals surface area contributed by atoms with Crippen LogP contribution in [-0.4, -0.2) is 35.5 Å². The summed E-state index contributed by atoms with van der Waals surface area (Å²) in [7, 11) is 1.22. The van der Waals surface area contributed by atoms with Crippen LogP contribution in [0.1, 0.15) is 26.3 Å². The van der Waals surface area contributed by atoms with E-state index in [2.05, 4.69) is 14.7 Å². The van der Waals surface area contributed by atoms with Gasteiger partial charge in [-0.1, -0.05) is 17.7 Å². The van der Waals surface area contributed by atoms with Crippen molar-refractivity contribution in [2.45, 2.75) is 32.8 Å². The summed E-state index contributed by atoms with van der Waals surface area (Å²) in [5.74, 6) is -0.698. The highest BCUT2D eigenvalue weighted by Crippen LogP contribution is 2.10. The maximum atomic E-state index is 11.7. The van der Waals surface area contributed by atoms with Crippen molar-refractivity contribution in [1.29, 1.82) is 0 Å². The largest absolute Gasteiger partial charge is 0.465 e. The maximum absolute atomic E-state index is 11.7. The van der Waals surface area contributed by atoms with Crippen molar-refractivity contribution < 1.29 is 19.1 Å². The van der Waals surface area contributed by atoms with Crippen LogP contribution in [0.15, 0.2) is 23.3 Å². The zero-order valence-electron chi connectivity index (χ0n) is 12.3. The van der Waals surface area contributed by atoms with Gasteiger partial charge in [0, 0.05) is 12.6 Å². The van der Waals surface area contributed by atoms with E-state index in [4.69, 9.17) is 16.3 Å². The number of amides is 1. The third-order valence-corrected chi connectivity index (χ3v) is 2.42. The molecule has 7 heteroatoms. The number of esters is 1. The average molecular weight is 313 g/mol. The first kappa shape index (κ1) is 17.1. The van der Waals surface area contributed by atoms with Crippen LogP contribution >= 0.6 is 11.6 Å². The first-order valence-corrected chi connectivity index (χ1v) is 6.58. The lowest BCUT2D eigenvalue weighted by atomic mass is 10.1. The molecule has 0 fully saturated rings. The van der Waals surface area contributed by atoms with E-state index in [9.17, 15) is 9.59 Å². The summed E-state index contributed by atoms with van der Waals surface area (Å²) in [5.41, 5.74) is -0.0770. The van der Waals surface area contributed by atoms with Crippen LogP contribution in [0.2, 0.25) is 5.15 Å². The van der Waals surface area contributed by atoms with Crippen molar-refractivity contribution >= 4 is 29.4 Å². The number of hydrogen-bond acceptors (Lipinski definition) is 5. The minimum atomic E-state index is -0.843. The fraction of sp³-hybridized carbons (Fsp3) is 0.429. The Balaban J connectivity index is 2.93. The SMILES string of the molecule is COC(=O)C(Cc1ccc(Cl)nc1)=NC(=O)OC(C)(C)C. The summed E-state index contributed by atoms with van der Waals surface area (Å²) in [6.45, 7) is 5.13. The number of ether oxygens (including phenoxy) is 2. The van der Waals surface area contributed by atoms with E-state index in [-0.39, 0.29) is 12.1 Å². The lowest BCUT2D eigenvalue weighted by Gasteiger charge is -2.17. The van der Waals surface area contributed by atoms with Crippen molar-refractivity contribution in [3.8, 4) is 0 Å². The molecule has 6 nitrogen and oxygen atoms in total. The molecule has 1 amide bonds. The smallest absolute Gasteiger partial charge is 0.434 e. The number of nitrogens with zero attached hydrogens (tertiary/aromatic N) is 2. The quantitative estimate of drug-likeness (QED) is 0.487. The summed E-state index contributed by atoms with van der Waals surface area (Å²) < 4.78 is 9.66. The monoisotopic (exact) mass is 312 g/mol. The van der Waals surface area contributed by atoms with Gasteiger partial charge < -0.3 is 9.47 Å². The molecule has 1 rings (SSSR count). The first-order valence-electron chi connectivity index (χ1n) is 6.20. The van der Waals surface area contributed by atoms with E-state index in [1.54, 1.807) is 32.9 Å². The van der Waals surface area contributed by atoms with Crippen molar-refractivity contribution in [1.82, 2.24) is 4.98 Å². The highest BCUT2D eigenvalue weighted by atomic mass is 35.5. The number of hydrogen-bond donors (Lipinski definition) is 0. The van der Waals surface area contributed by atoms with Gasteiger partial charge in [-0.15, -0.1) is 0 Å². The second-order valence-corrected chi connectivity index (χ2v) is 5.58. The zero-order valence-corrected chi connectivity index (χ0v) is 13.1. The predicted molar refractivity (Wildman–Crippen MR) is 78.6 cm³/mol. The average Bonchev–Trinajstić information content (AvgIpc) is 2.37. The van der Waals surface area contributed by atoms with Crippen molar-refractivity contribution in [3.63, 3.8) is 0 Å². The zero-order chi connectivity index (χ0) is 16.0. The number of halogens is 1. The minimum Gasteiger partial charge on any atom is -0.465 e. The molecule has 0 bridgehead atoms. The molecule has 1 heterocycles. The van der Waals surface area contributed by atoms with Gasteiger partial charge in [0.25, 0.3) is 0 Å². The summed E-state index contributed by atoms with van der Waals surface area (Å²) in [6.07, 6.45) is 0.746. The van der Waals surface area contributed by atoms with Gasteiger partial charge in [-0.25, -0.2) is 14.6 Å². The third kappa shape index (κ3) is 6.35. The molecular weight excluding hydrogens is 296 g/mol. The summed E-state index contributed by atoms with van der Waals surface area (Å²) in [4.78, 5) is 30.9. The Hall–Kier alpha value is -1.95. The lowest BCUT2D eigenvalue weighted by Crippen LogP contribution is -2.25. The van der Waals surface area contributed by atoms with Crippen LogP contribution in [0, 0.1) is 0 Å². The second-order valence-electron chi connectivity index (χ2n) is 5.20. The maximum Gasteiger partial charge on any atom is 0.434 e. The summed E-state index contributed by atoms with van der Waals surface area (Å²) in [6, 6.07) is 3.27. The van der Waals surface area contributed by atoms with E-state index in [0.29, 0.717) is 10.7 Å². The first-order chi connectivity index (χ1) is 9.71. The molecule has 114 valence electrons. The Kier molecular flexibility index (Phi) is 5.84. The van der Waals surface area contributed by atoms with Gasteiger partial charge >= 0.3 is 12.1 Å². The summed E-state index contributed by atoms with van der Waals surface area (Å²) in [5, 5.41) is 0.336. The minimum absolute atomic E-state index is 0.0594. The van der Waals surface area contributed by atoms with Crippen LogP contribution in [0.25, 0.3) is 0 Å². The van der Waals surface area contributed by atoms with Gasteiger partial charge in [0.1, 0.15) is 16.5 Å². The molecule has 0 radical (unpaired) electrons. The second kappa shape index (κ2) is 7.17. The summed E-state index contributed by atoms with van der Waals surface area (Å²) >= 11 is 5.69. The van der Waals surface area contributed by atoms with Gasteiger partial charge in [0.2, 0.25) is 0 Å². The molecule has 0 saturated carbocycles. The molecule has 1 aromatic heterocycles. The Morgan fingerprint density at radius 1 is 1.33 bits per heavy atom. The molecule has 0 aliphatic carbocycles. The molecule has 1 aromatic rings. The van der Waals surface area contributed by atoms with Crippen LogP contribution in [0.3, 0.4) is 0 Å². The highest BCUT2D eigenvalue weighted by Gasteiger charge is 2.19. The predicted octanol–water partition coefficient (Wildman–Crippen LogP) is 2.83. The van der Waals surface area contributed by atoms with E-state index in [1.807, 2.05) is 0 Å². The fourth-order valence-electron chi connectivity index (χ4n) is 1.37. The fourth-order valence-corrected chi connectivity index (χ4v) is 1.49. The molecule has 0 atom stereocenters. The number of aromatic nitrogens is 1. The van der Waals surface area contributed by atoms with E-state index < -0.39 is 17.7 Å². The molecule has 0 aromatic carbocycles. The van der Waals surface area contributed by atoms with Crippen LogP contribution < -0.4 is 0 Å². The molecule has 0 aliphatic heterocycles. The molecule has 0 unspecified atom stereocenters. The molecule has 21 heavy (non-hydrogen) atoms. The van der Waals surface area contributed by atoms with Crippen LogP contribution in [-0.2, 0) is 20.7 Å². The van der Waals surface area contributed by atoms with Crippen LogP contribution in [0.4, 0.5) is 4.79 Å². The molecule has 0 saturated heterocycles. The van der Waals surface area contributed by atoms with Crippen molar-refractivity contribution in [2.75, 3.05) is 7.11 Å². The number of methoxy groups -OCH3 is 1. The normalized spacial score (nSPS) is 12.0. The Labute approximate surface area is 128 Å². The lowest BCUT2D eigenvalue weighted by molar-refractivity contribution is -0.132. The molecule has 0 aliphatic rings. The van der Waals surface area contributed by atoms with Gasteiger partial charge in [0.05, 0.1) is 7.11 Å². The van der Waals surface area contributed by atoms with E-state index >= 15 is 0 Å². The number of carbonyl (C=O) groups excluding carboxylic acids is 2.